The monoisotopic (exact) mass is 342 g/mol. The summed E-state index contributed by atoms with van der Waals surface area (Å²) >= 11 is 0. The Morgan fingerprint density at radius 1 is 1.28 bits per heavy atom. The van der Waals surface area contributed by atoms with Crippen LogP contribution >= 0.6 is 0 Å². The van der Waals surface area contributed by atoms with Gasteiger partial charge in [-0.2, -0.15) is 5.10 Å². The Morgan fingerprint density at radius 2 is 2.08 bits per heavy atom. The normalized spacial score (nSPS) is 17.4. The highest BCUT2D eigenvalue weighted by Crippen LogP contribution is 2.22. The van der Waals surface area contributed by atoms with Gasteiger partial charge in [0.05, 0.1) is 4.92 Å². The number of carbonyl (C=O) groups is 1. The number of carbonyl (C=O) groups excluding carboxylic acids is 1. The molecule has 25 heavy (non-hydrogen) atoms. The number of hydrogen-bond donors (Lipinski definition) is 0. The van der Waals surface area contributed by atoms with Gasteiger partial charge in [-0.25, -0.2) is 0 Å². The van der Waals surface area contributed by atoms with E-state index >= 15 is 0 Å². The van der Waals surface area contributed by atoms with E-state index < -0.39 is 4.92 Å². The zero-order valence-electron chi connectivity index (χ0n) is 14.1. The standard InChI is InChI=1S/C18H22N4O3/c23-18(9-11-20-14-17(13-19-20)22(24)25)21-10-5-4-8-16(21)12-15-6-2-1-3-7-15/h1-3,6-7,13-14,16H,4-5,8-12H2/t16-/m1/s1. The van der Waals surface area contributed by atoms with Crippen LogP contribution in [0.25, 0.3) is 0 Å². The fourth-order valence-electron chi connectivity index (χ4n) is 3.35. The molecule has 1 saturated heterocycles. The smallest absolute Gasteiger partial charge is 0.306 e. The van der Waals surface area contributed by atoms with E-state index in [9.17, 15) is 14.9 Å². The average molecular weight is 342 g/mol. The molecule has 0 spiro atoms. The summed E-state index contributed by atoms with van der Waals surface area (Å²) in [5, 5.41) is 14.6. The maximum absolute atomic E-state index is 12.7. The third-order valence-corrected chi connectivity index (χ3v) is 4.65. The zero-order chi connectivity index (χ0) is 17.6. The van der Waals surface area contributed by atoms with E-state index in [0.29, 0.717) is 13.0 Å². The molecule has 1 aliphatic rings. The van der Waals surface area contributed by atoms with Crippen LogP contribution in [-0.2, 0) is 17.8 Å². The molecule has 1 atom stereocenters. The van der Waals surface area contributed by atoms with Gasteiger partial charge in [-0.05, 0) is 31.2 Å². The van der Waals surface area contributed by atoms with Crippen molar-refractivity contribution in [3.05, 3.63) is 58.4 Å². The van der Waals surface area contributed by atoms with Crippen LogP contribution in [0.3, 0.4) is 0 Å². The SMILES string of the molecule is O=C(CCn1cc([N+](=O)[O-])cn1)N1CCCC[C@@H]1Cc1ccccc1. The Labute approximate surface area is 146 Å². The molecule has 1 aromatic heterocycles. The van der Waals surface area contributed by atoms with Crippen molar-refractivity contribution in [3.63, 3.8) is 0 Å². The number of rotatable bonds is 6. The Hall–Kier alpha value is -2.70. The lowest BCUT2D eigenvalue weighted by atomic mass is 9.95. The van der Waals surface area contributed by atoms with Crippen molar-refractivity contribution in [1.29, 1.82) is 0 Å². The Balaban J connectivity index is 1.59. The number of aromatic nitrogens is 2. The lowest BCUT2D eigenvalue weighted by Gasteiger charge is -2.36. The fraction of sp³-hybridized carbons (Fsp3) is 0.444. The van der Waals surface area contributed by atoms with E-state index in [-0.39, 0.29) is 17.6 Å². The summed E-state index contributed by atoms with van der Waals surface area (Å²) in [5.41, 5.74) is 1.20. The highest BCUT2D eigenvalue weighted by Gasteiger charge is 2.26. The number of likely N-dealkylation sites (tertiary alicyclic amines) is 1. The third kappa shape index (κ3) is 4.43. The predicted molar refractivity (Wildman–Crippen MR) is 93.0 cm³/mol. The number of nitrogens with zero attached hydrogens (tertiary/aromatic N) is 4. The first-order chi connectivity index (χ1) is 12.1. The van der Waals surface area contributed by atoms with Crippen LogP contribution < -0.4 is 0 Å². The molecule has 7 heteroatoms. The molecule has 2 aromatic rings. The van der Waals surface area contributed by atoms with Crippen molar-refractivity contribution < 1.29 is 9.72 Å². The molecule has 1 amide bonds. The average Bonchev–Trinajstić information content (AvgIpc) is 3.10. The van der Waals surface area contributed by atoms with Crippen molar-refractivity contribution in [3.8, 4) is 0 Å². The van der Waals surface area contributed by atoms with E-state index in [4.69, 9.17) is 0 Å². The molecule has 0 saturated carbocycles. The Morgan fingerprint density at radius 3 is 2.80 bits per heavy atom. The lowest BCUT2D eigenvalue weighted by molar-refractivity contribution is -0.385. The molecule has 0 N–H and O–H groups in total. The van der Waals surface area contributed by atoms with Gasteiger partial charge < -0.3 is 4.90 Å². The minimum absolute atomic E-state index is 0.0487. The van der Waals surface area contributed by atoms with Gasteiger partial charge >= 0.3 is 5.69 Å². The van der Waals surface area contributed by atoms with Crippen LogP contribution in [0, 0.1) is 10.1 Å². The summed E-state index contributed by atoms with van der Waals surface area (Å²) < 4.78 is 1.46. The second-order valence-corrected chi connectivity index (χ2v) is 6.40. The van der Waals surface area contributed by atoms with E-state index in [2.05, 4.69) is 17.2 Å². The minimum atomic E-state index is -0.480. The Kier molecular flexibility index (Phi) is 5.42. The van der Waals surface area contributed by atoms with Gasteiger partial charge in [-0.3, -0.25) is 19.6 Å². The van der Waals surface area contributed by atoms with Gasteiger partial charge in [-0.15, -0.1) is 0 Å². The van der Waals surface area contributed by atoms with Crippen LogP contribution in [0.5, 0.6) is 0 Å². The van der Waals surface area contributed by atoms with Gasteiger partial charge in [0.25, 0.3) is 0 Å². The van der Waals surface area contributed by atoms with E-state index in [1.54, 1.807) is 0 Å². The maximum Gasteiger partial charge on any atom is 0.306 e. The molecule has 3 rings (SSSR count). The van der Waals surface area contributed by atoms with Crippen molar-refractivity contribution in [2.75, 3.05) is 6.54 Å². The largest absolute Gasteiger partial charge is 0.339 e. The molecule has 2 heterocycles. The van der Waals surface area contributed by atoms with E-state index in [0.717, 1.165) is 32.2 Å². The van der Waals surface area contributed by atoms with Crippen LogP contribution in [0.15, 0.2) is 42.7 Å². The molecule has 1 aromatic carbocycles. The molecular formula is C18H22N4O3. The van der Waals surface area contributed by atoms with Gasteiger partial charge in [0.2, 0.25) is 5.91 Å². The predicted octanol–water partition coefficient (Wildman–Crippen LogP) is 2.81. The molecule has 0 bridgehead atoms. The first-order valence-electron chi connectivity index (χ1n) is 8.64. The van der Waals surface area contributed by atoms with Crippen molar-refractivity contribution >= 4 is 11.6 Å². The lowest BCUT2D eigenvalue weighted by Crippen LogP contribution is -2.45. The van der Waals surface area contributed by atoms with Crippen molar-refractivity contribution in [2.45, 2.75) is 44.7 Å². The summed E-state index contributed by atoms with van der Waals surface area (Å²) in [6.45, 7) is 1.15. The second-order valence-electron chi connectivity index (χ2n) is 6.40. The van der Waals surface area contributed by atoms with E-state index in [1.165, 1.54) is 22.6 Å². The minimum Gasteiger partial charge on any atom is -0.339 e. The first kappa shape index (κ1) is 17.1. The summed E-state index contributed by atoms with van der Waals surface area (Å²) in [5.74, 6) is 0.0961. The highest BCUT2D eigenvalue weighted by molar-refractivity contribution is 5.76. The molecular weight excluding hydrogens is 320 g/mol. The molecule has 0 radical (unpaired) electrons. The molecule has 1 aliphatic heterocycles. The number of aryl methyl sites for hydroxylation is 1. The molecule has 1 fully saturated rings. The van der Waals surface area contributed by atoms with Crippen LogP contribution in [0.2, 0.25) is 0 Å². The number of hydrogen-bond acceptors (Lipinski definition) is 4. The quantitative estimate of drug-likeness (QED) is 0.597. The number of amides is 1. The highest BCUT2D eigenvalue weighted by atomic mass is 16.6. The summed E-state index contributed by atoms with van der Waals surface area (Å²) in [4.78, 5) is 24.9. The fourth-order valence-corrected chi connectivity index (χ4v) is 3.35. The zero-order valence-corrected chi connectivity index (χ0v) is 14.1. The van der Waals surface area contributed by atoms with Gasteiger partial charge in [-0.1, -0.05) is 30.3 Å². The molecule has 132 valence electrons. The van der Waals surface area contributed by atoms with Crippen molar-refractivity contribution in [2.24, 2.45) is 0 Å². The molecule has 0 aliphatic carbocycles. The third-order valence-electron chi connectivity index (χ3n) is 4.65. The molecule has 0 unspecified atom stereocenters. The number of piperidine rings is 1. The summed E-state index contributed by atoms with van der Waals surface area (Å²) in [7, 11) is 0. The summed E-state index contributed by atoms with van der Waals surface area (Å²) in [6.07, 6.45) is 6.96. The van der Waals surface area contributed by atoms with Crippen LogP contribution in [0.4, 0.5) is 5.69 Å². The van der Waals surface area contributed by atoms with Gasteiger partial charge in [0, 0.05) is 25.6 Å². The van der Waals surface area contributed by atoms with Crippen LogP contribution in [0.1, 0.15) is 31.2 Å². The van der Waals surface area contributed by atoms with Gasteiger partial charge in [0.1, 0.15) is 12.4 Å². The second kappa shape index (κ2) is 7.92. The Bertz CT molecular complexity index is 729. The van der Waals surface area contributed by atoms with Crippen LogP contribution in [-0.4, -0.2) is 38.1 Å². The first-order valence-corrected chi connectivity index (χ1v) is 8.64. The van der Waals surface area contributed by atoms with Crippen molar-refractivity contribution in [1.82, 2.24) is 14.7 Å². The topological polar surface area (TPSA) is 81.3 Å². The van der Waals surface area contributed by atoms with Gasteiger partial charge in [0.15, 0.2) is 0 Å². The van der Waals surface area contributed by atoms with E-state index in [1.807, 2.05) is 23.1 Å². The molecule has 7 nitrogen and oxygen atoms in total. The maximum atomic E-state index is 12.7. The summed E-state index contributed by atoms with van der Waals surface area (Å²) in [6, 6.07) is 10.5. The number of benzene rings is 1. The number of nitro groups is 1.